The number of hydrogen-bond acceptors (Lipinski definition) is 4. The number of ether oxygens (including phenoxy) is 1. The standard InChI is InChI=1S/C19H22N4O/c1-14-19-21-20-18(13-24-2)23(19)11-10-22(14)12-16-8-5-7-15-6-3-4-9-17(15)16/h3-9,14H,10-13H2,1-2H3/t14-/m0/s1. The second-order valence-electron chi connectivity index (χ2n) is 6.34. The van der Waals surface area contributed by atoms with Crippen LogP contribution in [-0.4, -0.2) is 33.3 Å². The summed E-state index contributed by atoms with van der Waals surface area (Å²) in [6.45, 7) is 5.56. The van der Waals surface area contributed by atoms with Crippen molar-refractivity contribution in [2.24, 2.45) is 0 Å². The molecule has 5 nitrogen and oxygen atoms in total. The summed E-state index contributed by atoms with van der Waals surface area (Å²) in [5.41, 5.74) is 1.37. The molecule has 0 spiro atoms. The summed E-state index contributed by atoms with van der Waals surface area (Å²) in [6, 6.07) is 15.4. The van der Waals surface area contributed by atoms with Crippen LogP contribution in [0.2, 0.25) is 0 Å². The van der Waals surface area contributed by atoms with Crippen LogP contribution in [0.3, 0.4) is 0 Å². The summed E-state index contributed by atoms with van der Waals surface area (Å²) < 4.78 is 7.42. The van der Waals surface area contributed by atoms with Crippen molar-refractivity contribution < 1.29 is 4.74 Å². The van der Waals surface area contributed by atoms with Gasteiger partial charge in [0.15, 0.2) is 5.82 Å². The van der Waals surface area contributed by atoms with Gasteiger partial charge in [0.2, 0.25) is 0 Å². The fourth-order valence-corrected chi connectivity index (χ4v) is 3.59. The average molecular weight is 322 g/mol. The monoisotopic (exact) mass is 322 g/mol. The highest BCUT2D eigenvalue weighted by atomic mass is 16.5. The van der Waals surface area contributed by atoms with E-state index in [0.29, 0.717) is 6.61 Å². The molecular weight excluding hydrogens is 300 g/mol. The molecule has 0 fully saturated rings. The summed E-state index contributed by atoms with van der Waals surface area (Å²) in [6.07, 6.45) is 0. The number of hydrogen-bond donors (Lipinski definition) is 0. The number of methoxy groups -OCH3 is 1. The molecule has 24 heavy (non-hydrogen) atoms. The smallest absolute Gasteiger partial charge is 0.159 e. The van der Waals surface area contributed by atoms with Gasteiger partial charge in [-0.15, -0.1) is 10.2 Å². The van der Waals surface area contributed by atoms with Crippen LogP contribution in [0.15, 0.2) is 42.5 Å². The van der Waals surface area contributed by atoms with E-state index in [1.54, 1.807) is 7.11 Å². The van der Waals surface area contributed by atoms with E-state index >= 15 is 0 Å². The number of aromatic nitrogens is 3. The SMILES string of the molecule is COCc1nnc2n1CCN(Cc1cccc3ccccc13)[C@H]2C. The molecule has 1 aromatic heterocycles. The highest BCUT2D eigenvalue weighted by molar-refractivity contribution is 5.85. The van der Waals surface area contributed by atoms with Crippen molar-refractivity contribution in [2.45, 2.75) is 32.7 Å². The Kier molecular flexibility index (Phi) is 4.04. The molecule has 3 aromatic rings. The third kappa shape index (κ3) is 2.60. The summed E-state index contributed by atoms with van der Waals surface area (Å²) in [4.78, 5) is 2.47. The van der Waals surface area contributed by atoms with E-state index in [9.17, 15) is 0 Å². The minimum atomic E-state index is 0.246. The van der Waals surface area contributed by atoms with Crippen molar-refractivity contribution in [1.29, 1.82) is 0 Å². The van der Waals surface area contributed by atoms with Crippen LogP contribution >= 0.6 is 0 Å². The van der Waals surface area contributed by atoms with E-state index in [2.05, 4.69) is 69.1 Å². The predicted octanol–water partition coefficient (Wildman–Crippen LogP) is 3.15. The second-order valence-corrected chi connectivity index (χ2v) is 6.34. The third-order valence-corrected chi connectivity index (χ3v) is 4.92. The Bertz CT molecular complexity index is 852. The van der Waals surface area contributed by atoms with E-state index in [1.165, 1.54) is 16.3 Å². The molecule has 1 aliphatic heterocycles. The molecule has 0 saturated heterocycles. The molecule has 1 aliphatic rings. The first-order valence-corrected chi connectivity index (χ1v) is 8.39. The van der Waals surface area contributed by atoms with Gasteiger partial charge in [0.05, 0.1) is 6.04 Å². The van der Waals surface area contributed by atoms with Crippen LogP contribution in [0.4, 0.5) is 0 Å². The Morgan fingerprint density at radius 1 is 1.08 bits per heavy atom. The Balaban J connectivity index is 1.61. The Morgan fingerprint density at radius 2 is 1.92 bits per heavy atom. The van der Waals surface area contributed by atoms with E-state index < -0.39 is 0 Å². The lowest BCUT2D eigenvalue weighted by atomic mass is 10.0. The molecule has 0 bridgehead atoms. The molecular formula is C19H22N4O. The number of nitrogens with zero attached hydrogens (tertiary/aromatic N) is 4. The number of benzene rings is 2. The lowest BCUT2D eigenvalue weighted by Gasteiger charge is -2.34. The Labute approximate surface area is 141 Å². The minimum absolute atomic E-state index is 0.246. The van der Waals surface area contributed by atoms with Crippen molar-refractivity contribution in [3.05, 3.63) is 59.7 Å². The van der Waals surface area contributed by atoms with Crippen molar-refractivity contribution in [1.82, 2.24) is 19.7 Å². The van der Waals surface area contributed by atoms with Crippen LogP contribution in [0.25, 0.3) is 10.8 Å². The molecule has 2 aromatic carbocycles. The van der Waals surface area contributed by atoms with Gasteiger partial charge in [0.1, 0.15) is 12.4 Å². The van der Waals surface area contributed by atoms with Gasteiger partial charge in [-0.25, -0.2) is 0 Å². The number of rotatable bonds is 4. The van der Waals surface area contributed by atoms with Gasteiger partial charge in [-0.3, -0.25) is 4.90 Å². The van der Waals surface area contributed by atoms with Gasteiger partial charge in [0.25, 0.3) is 0 Å². The molecule has 0 saturated carbocycles. The quantitative estimate of drug-likeness (QED) is 0.740. The van der Waals surface area contributed by atoms with Crippen molar-refractivity contribution in [3.63, 3.8) is 0 Å². The van der Waals surface area contributed by atoms with Gasteiger partial charge < -0.3 is 9.30 Å². The van der Waals surface area contributed by atoms with Crippen molar-refractivity contribution in [3.8, 4) is 0 Å². The molecule has 5 heteroatoms. The summed E-state index contributed by atoms with van der Waals surface area (Å²) in [5, 5.41) is 11.3. The lowest BCUT2D eigenvalue weighted by molar-refractivity contribution is 0.143. The van der Waals surface area contributed by atoms with E-state index in [-0.39, 0.29) is 6.04 Å². The highest BCUT2D eigenvalue weighted by Gasteiger charge is 2.28. The molecule has 0 N–H and O–H groups in total. The molecule has 4 rings (SSSR count). The van der Waals surface area contributed by atoms with Crippen molar-refractivity contribution in [2.75, 3.05) is 13.7 Å². The molecule has 124 valence electrons. The third-order valence-electron chi connectivity index (χ3n) is 4.92. The van der Waals surface area contributed by atoms with Gasteiger partial charge in [-0.2, -0.15) is 0 Å². The van der Waals surface area contributed by atoms with Crippen LogP contribution < -0.4 is 0 Å². The van der Waals surface area contributed by atoms with Gasteiger partial charge in [0, 0.05) is 26.7 Å². The van der Waals surface area contributed by atoms with Crippen LogP contribution in [0.5, 0.6) is 0 Å². The minimum Gasteiger partial charge on any atom is -0.377 e. The fourth-order valence-electron chi connectivity index (χ4n) is 3.59. The molecule has 1 atom stereocenters. The maximum atomic E-state index is 5.22. The highest BCUT2D eigenvalue weighted by Crippen LogP contribution is 2.28. The molecule has 0 aliphatic carbocycles. The zero-order chi connectivity index (χ0) is 16.5. The first-order valence-electron chi connectivity index (χ1n) is 8.39. The second kappa shape index (κ2) is 6.34. The van der Waals surface area contributed by atoms with E-state index in [0.717, 1.165) is 31.3 Å². The first-order chi connectivity index (χ1) is 11.8. The summed E-state index contributed by atoms with van der Waals surface area (Å²) in [5.74, 6) is 1.96. The van der Waals surface area contributed by atoms with Gasteiger partial charge in [-0.05, 0) is 23.3 Å². The molecule has 0 radical (unpaired) electrons. The fraction of sp³-hybridized carbons (Fsp3) is 0.368. The van der Waals surface area contributed by atoms with Gasteiger partial charge in [-0.1, -0.05) is 42.5 Å². The van der Waals surface area contributed by atoms with E-state index in [1.807, 2.05) is 0 Å². The number of fused-ring (bicyclic) bond motifs is 2. The summed E-state index contributed by atoms with van der Waals surface area (Å²) >= 11 is 0. The zero-order valence-corrected chi connectivity index (χ0v) is 14.1. The van der Waals surface area contributed by atoms with Crippen LogP contribution in [0.1, 0.15) is 30.2 Å². The normalized spacial score (nSPS) is 18.0. The molecule has 2 heterocycles. The molecule has 0 unspecified atom stereocenters. The van der Waals surface area contributed by atoms with Gasteiger partial charge >= 0.3 is 0 Å². The maximum absolute atomic E-state index is 5.22. The lowest BCUT2D eigenvalue weighted by Crippen LogP contribution is -2.37. The van der Waals surface area contributed by atoms with Crippen molar-refractivity contribution >= 4 is 10.8 Å². The Morgan fingerprint density at radius 3 is 2.79 bits per heavy atom. The predicted molar refractivity (Wildman–Crippen MR) is 93.5 cm³/mol. The zero-order valence-electron chi connectivity index (χ0n) is 14.1. The average Bonchev–Trinajstić information content (AvgIpc) is 3.02. The summed E-state index contributed by atoms with van der Waals surface area (Å²) in [7, 11) is 1.70. The Hall–Kier alpha value is -2.24. The largest absolute Gasteiger partial charge is 0.377 e. The van der Waals surface area contributed by atoms with Crippen LogP contribution in [-0.2, 0) is 24.4 Å². The van der Waals surface area contributed by atoms with Crippen LogP contribution in [0, 0.1) is 0 Å². The first kappa shape index (κ1) is 15.3. The topological polar surface area (TPSA) is 43.2 Å². The maximum Gasteiger partial charge on any atom is 0.159 e. The van der Waals surface area contributed by atoms with E-state index in [4.69, 9.17) is 4.74 Å². The molecule has 0 amide bonds.